The molecule has 0 spiro atoms. The SMILES string of the molecule is COc1ccc([C@H](Br)C[C@@H](Br)c2ccc(OC)cc2)cc1. The molecule has 0 heterocycles. The molecular formula is C17H18Br2O2. The van der Waals surface area contributed by atoms with Gasteiger partial charge in [-0.05, 0) is 41.8 Å². The minimum atomic E-state index is 0.287. The predicted molar refractivity (Wildman–Crippen MR) is 93.9 cm³/mol. The van der Waals surface area contributed by atoms with Gasteiger partial charge in [-0.15, -0.1) is 0 Å². The minimum Gasteiger partial charge on any atom is -0.497 e. The molecule has 0 aliphatic rings. The molecule has 0 radical (unpaired) electrons. The molecule has 21 heavy (non-hydrogen) atoms. The second-order valence-corrected chi connectivity index (χ2v) is 6.93. The van der Waals surface area contributed by atoms with E-state index in [1.165, 1.54) is 11.1 Å². The lowest BCUT2D eigenvalue weighted by atomic mass is 10.0. The van der Waals surface area contributed by atoms with Crippen LogP contribution < -0.4 is 9.47 Å². The summed E-state index contributed by atoms with van der Waals surface area (Å²) < 4.78 is 10.4. The van der Waals surface area contributed by atoms with Crippen LogP contribution in [0.1, 0.15) is 27.2 Å². The van der Waals surface area contributed by atoms with Gasteiger partial charge in [-0.2, -0.15) is 0 Å². The van der Waals surface area contributed by atoms with Gasteiger partial charge >= 0.3 is 0 Å². The van der Waals surface area contributed by atoms with E-state index in [-0.39, 0.29) is 9.65 Å². The van der Waals surface area contributed by atoms with Gasteiger partial charge in [-0.3, -0.25) is 0 Å². The van der Waals surface area contributed by atoms with Crippen molar-refractivity contribution in [3.8, 4) is 11.5 Å². The van der Waals surface area contributed by atoms with Crippen LogP contribution in [0, 0.1) is 0 Å². The van der Waals surface area contributed by atoms with Gasteiger partial charge in [0.2, 0.25) is 0 Å². The van der Waals surface area contributed by atoms with Crippen molar-refractivity contribution >= 4 is 31.9 Å². The number of rotatable bonds is 6. The van der Waals surface area contributed by atoms with Crippen molar-refractivity contribution in [2.45, 2.75) is 16.1 Å². The van der Waals surface area contributed by atoms with Crippen LogP contribution in [0.25, 0.3) is 0 Å². The number of hydrogen-bond acceptors (Lipinski definition) is 2. The van der Waals surface area contributed by atoms with Gasteiger partial charge in [-0.1, -0.05) is 56.1 Å². The Bertz CT molecular complexity index is 501. The van der Waals surface area contributed by atoms with E-state index in [1.807, 2.05) is 24.3 Å². The molecule has 0 saturated heterocycles. The van der Waals surface area contributed by atoms with E-state index >= 15 is 0 Å². The van der Waals surface area contributed by atoms with Crippen molar-refractivity contribution < 1.29 is 9.47 Å². The summed E-state index contributed by atoms with van der Waals surface area (Å²) in [5.41, 5.74) is 2.49. The standard InChI is InChI=1S/C17H18Br2O2/c1-20-14-7-3-12(4-8-14)16(18)11-17(19)13-5-9-15(21-2)10-6-13/h3-10,16-17H,11H2,1-2H3/t16-,17-/m1/s1. The molecule has 0 amide bonds. The van der Waals surface area contributed by atoms with Crippen LogP contribution >= 0.6 is 31.9 Å². The molecule has 0 N–H and O–H groups in total. The molecule has 0 aliphatic heterocycles. The monoisotopic (exact) mass is 412 g/mol. The van der Waals surface area contributed by atoms with Crippen LogP contribution in [0.2, 0.25) is 0 Å². The first-order valence-electron chi connectivity index (χ1n) is 6.70. The fourth-order valence-corrected chi connectivity index (χ4v) is 3.94. The first-order valence-corrected chi connectivity index (χ1v) is 8.53. The number of ether oxygens (including phenoxy) is 2. The Labute approximate surface area is 142 Å². The van der Waals surface area contributed by atoms with E-state index in [0.717, 1.165) is 17.9 Å². The Morgan fingerprint density at radius 1 is 0.714 bits per heavy atom. The van der Waals surface area contributed by atoms with Gasteiger partial charge in [0.15, 0.2) is 0 Å². The molecule has 2 nitrogen and oxygen atoms in total. The third-order valence-corrected chi connectivity index (χ3v) is 5.17. The van der Waals surface area contributed by atoms with Crippen LogP contribution in [0.15, 0.2) is 48.5 Å². The maximum Gasteiger partial charge on any atom is 0.118 e. The van der Waals surface area contributed by atoms with E-state index in [1.54, 1.807) is 14.2 Å². The molecule has 0 aliphatic carbocycles. The van der Waals surface area contributed by atoms with Gasteiger partial charge in [0.05, 0.1) is 14.2 Å². The molecule has 0 fully saturated rings. The molecule has 0 saturated carbocycles. The van der Waals surface area contributed by atoms with Gasteiger partial charge < -0.3 is 9.47 Å². The molecule has 2 aromatic carbocycles. The molecule has 0 bridgehead atoms. The Morgan fingerprint density at radius 2 is 1.05 bits per heavy atom. The van der Waals surface area contributed by atoms with Crippen molar-refractivity contribution in [1.82, 2.24) is 0 Å². The van der Waals surface area contributed by atoms with Gasteiger partial charge in [0, 0.05) is 9.65 Å². The Balaban J connectivity index is 2.01. The number of alkyl halides is 2. The van der Waals surface area contributed by atoms with Crippen LogP contribution in [0.3, 0.4) is 0 Å². The third kappa shape index (κ3) is 4.48. The summed E-state index contributed by atoms with van der Waals surface area (Å²) in [6.07, 6.45) is 0.957. The lowest BCUT2D eigenvalue weighted by Gasteiger charge is -2.16. The topological polar surface area (TPSA) is 18.5 Å². The molecule has 112 valence electrons. The predicted octanol–water partition coefficient (Wildman–Crippen LogP) is 5.67. The lowest BCUT2D eigenvalue weighted by Crippen LogP contribution is -1.97. The summed E-state index contributed by atoms with van der Waals surface area (Å²) in [4.78, 5) is 0.574. The summed E-state index contributed by atoms with van der Waals surface area (Å²) in [7, 11) is 3.36. The van der Waals surface area contributed by atoms with Crippen LogP contribution in [-0.4, -0.2) is 14.2 Å². The van der Waals surface area contributed by atoms with E-state index in [9.17, 15) is 0 Å². The Hall–Kier alpha value is -1.00. The summed E-state index contributed by atoms with van der Waals surface area (Å²) in [5.74, 6) is 1.76. The fraction of sp³-hybridized carbons (Fsp3) is 0.294. The second kappa shape index (κ2) is 7.85. The Kier molecular flexibility index (Phi) is 6.12. The first-order chi connectivity index (χ1) is 10.1. The molecule has 2 rings (SSSR count). The largest absolute Gasteiger partial charge is 0.497 e. The zero-order valence-corrected chi connectivity index (χ0v) is 15.2. The van der Waals surface area contributed by atoms with Gasteiger partial charge in [0.25, 0.3) is 0 Å². The van der Waals surface area contributed by atoms with Crippen molar-refractivity contribution in [2.24, 2.45) is 0 Å². The van der Waals surface area contributed by atoms with Crippen LogP contribution in [0.5, 0.6) is 11.5 Å². The van der Waals surface area contributed by atoms with Gasteiger partial charge in [0.1, 0.15) is 11.5 Å². The highest BCUT2D eigenvalue weighted by molar-refractivity contribution is 9.09. The van der Waals surface area contributed by atoms with Crippen molar-refractivity contribution in [3.05, 3.63) is 59.7 Å². The smallest absolute Gasteiger partial charge is 0.118 e. The normalized spacial score (nSPS) is 13.5. The minimum absolute atomic E-state index is 0.287. The van der Waals surface area contributed by atoms with E-state index < -0.39 is 0 Å². The summed E-state index contributed by atoms with van der Waals surface area (Å²) in [6, 6.07) is 16.3. The van der Waals surface area contributed by atoms with Crippen molar-refractivity contribution in [3.63, 3.8) is 0 Å². The average Bonchev–Trinajstić information content (AvgIpc) is 2.55. The maximum atomic E-state index is 5.18. The highest BCUT2D eigenvalue weighted by Gasteiger charge is 2.15. The zero-order chi connectivity index (χ0) is 15.2. The fourth-order valence-electron chi connectivity index (χ4n) is 2.08. The second-order valence-electron chi connectivity index (χ2n) is 4.72. The van der Waals surface area contributed by atoms with Gasteiger partial charge in [-0.25, -0.2) is 0 Å². The average molecular weight is 414 g/mol. The summed E-state index contributed by atoms with van der Waals surface area (Å²) in [6.45, 7) is 0. The number of hydrogen-bond donors (Lipinski definition) is 0. The molecule has 0 aromatic heterocycles. The van der Waals surface area contributed by atoms with Crippen molar-refractivity contribution in [1.29, 1.82) is 0 Å². The summed E-state index contributed by atoms with van der Waals surface area (Å²) >= 11 is 7.53. The highest BCUT2D eigenvalue weighted by atomic mass is 79.9. The first kappa shape index (κ1) is 16.4. The zero-order valence-electron chi connectivity index (χ0n) is 12.1. The quantitative estimate of drug-likeness (QED) is 0.568. The Morgan fingerprint density at radius 3 is 1.33 bits per heavy atom. The lowest BCUT2D eigenvalue weighted by molar-refractivity contribution is 0.414. The van der Waals surface area contributed by atoms with E-state index in [4.69, 9.17) is 9.47 Å². The van der Waals surface area contributed by atoms with Crippen molar-refractivity contribution in [2.75, 3.05) is 14.2 Å². The molecule has 4 heteroatoms. The van der Waals surface area contributed by atoms with Crippen LogP contribution in [-0.2, 0) is 0 Å². The summed E-state index contributed by atoms with van der Waals surface area (Å²) in [5, 5.41) is 0. The molecular weight excluding hydrogens is 396 g/mol. The third-order valence-electron chi connectivity index (χ3n) is 3.37. The highest BCUT2D eigenvalue weighted by Crippen LogP contribution is 2.38. The molecule has 2 aromatic rings. The number of halogens is 2. The maximum absolute atomic E-state index is 5.18. The molecule has 2 atom stereocenters. The van der Waals surface area contributed by atoms with E-state index in [0.29, 0.717) is 0 Å². The number of methoxy groups -OCH3 is 2. The van der Waals surface area contributed by atoms with E-state index in [2.05, 4.69) is 56.1 Å². The molecule has 0 unspecified atom stereocenters. The number of benzene rings is 2. The van der Waals surface area contributed by atoms with Crippen LogP contribution in [0.4, 0.5) is 0 Å².